The van der Waals surface area contributed by atoms with Crippen LogP contribution in [0.2, 0.25) is 0 Å². The van der Waals surface area contributed by atoms with Gasteiger partial charge in [-0.05, 0) is 44.9 Å². The zero-order chi connectivity index (χ0) is 23.8. The number of nitrogens with zero attached hydrogens (tertiary/aromatic N) is 3. The number of hydrogen-bond donors (Lipinski definition) is 2. The molecule has 0 saturated carbocycles. The van der Waals surface area contributed by atoms with Crippen LogP contribution in [0.5, 0.6) is 0 Å². The Morgan fingerprint density at radius 1 is 0.903 bits per heavy atom. The molecule has 0 bridgehead atoms. The van der Waals surface area contributed by atoms with Gasteiger partial charge in [0.25, 0.3) is 5.91 Å². The van der Waals surface area contributed by atoms with Crippen molar-refractivity contribution < 1.29 is 4.79 Å². The van der Waals surface area contributed by atoms with Crippen molar-refractivity contribution in [2.75, 3.05) is 20.1 Å². The Bertz CT molecular complexity index is 796. The fourth-order valence-electron chi connectivity index (χ4n) is 2.97. The number of rotatable bonds is 6. The number of nitrogens with two attached hydrogens (primary N) is 2. The first-order valence-electron chi connectivity index (χ1n) is 11.0. The van der Waals surface area contributed by atoms with Crippen LogP contribution in [0, 0.1) is 13.8 Å². The summed E-state index contributed by atoms with van der Waals surface area (Å²) in [5.74, 6) is 11.5. The van der Waals surface area contributed by atoms with Gasteiger partial charge in [0.05, 0.1) is 0 Å². The largest absolute Gasteiger partial charge is 0.339 e. The van der Waals surface area contributed by atoms with E-state index in [1.807, 2.05) is 81.1 Å². The van der Waals surface area contributed by atoms with Crippen molar-refractivity contribution >= 4 is 11.7 Å². The fraction of sp³-hybridized carbons (Fsp3) is 0.440. The van der Waals surface area contributed by atoms with Gasteiger partial charge in [-0.15, -0.1) is 0 Å². The average Bonchev–Trinajstić information content (AvgIpc) is 2.75. The highest BCUT2D eigenvalue weighted by molar-refractivity contribution is 5.98. The molecule has 2 aromatic carbocycles. The highest BCUT2D eigenvalue weighted by atomic mass is 16.2. The van der Waals surface area contributed by atoms with E-state index in [0.717, 1.165) is 48.2 Å². The predicted molar refractivity (Wildman–Crippen MR) is 133 cm³/mol. The van der Waals surface area contributed by atoms with Gasteiger partial charge in [0.1, 0.15) is 0 Å². The molecule has 4 N–H and O–H groups in total. The first-order chi connectivity index (χ1) is 14.8. The smallest absolute Gasteiger partial charge is 0.253 e. The van der Waals surface area contributed by atoms with Crippen molar-refractivity contribution in [1.29, 1.82) is 0 Å². The van der Waals surface area contributed by atoms with Gasteiger partial charge < -0.3 is 10.7 Å². The summed E-state index contributed by atoms with van der Waals surface area (Å²) in [7, 11) is 1.70. The molecular weight excluding hydrogens is 386 g/mol. The van der Waals surface area contributed by atoms with Crippen LogP contribution in [0.15, 0.2) is 53.6 Å². The Kier molecular flexibility index (Phi) is 14.4. The molecule has 0 unspecified atom stereocenters. The number of hydrazine groups is 1. The van der Waals surface area contributed by atoms with Crippen LogP contribution in [-0.2, 0) is 0 Å². The second kappa shape index (κ2) is 15.9. The number of amides is 1. The third kappa shape index (κ3) is 10.1. The lowest BCUT2D eigenvalue weighted by Crippen LogP contribution is -2.34. The van der Waals surface area contributed by atoms with Crippen LogP contribution >= 0.6 is 0 Å². The zero-order valence-corrected chi connectivity index (χ0v) is 20.4. The molecule has 172 valence electrons. The van der Waals surface area contributed by atoms with E-state index in [4.69, 9.17) is 11.7 Å². The summed E-state index contributed by atoms with van der Waals surface area (Å²) < 4.78 is 0. The summed E-state index contributed by atoms with van der Waals surface area (Å²) >= 11 is 0. The number of aryl methyl sites for hydroxylation is 2. The van der Waals surface area contributed by atoms with Crippen LogP contribution < -0.4 is 11.7 Å². The number of carbonyl (C=O) groups excluding carboxylic acids is 1. The maximum atomic E-state index is 12.2. The van der Waals surface area contributed by atoms with Crippen molar-refractivity contribution in [3.8, 4) is 0 Å². The van der Waals surface area contributed by atoms with E-state index in [2.05, 4.69) is 18.9 Å². The average molecular weight is 428 g/mol. The topological polar surface area (TPSA) is 88.0 Å². The van der Waals surface area contributed by atoms with E-state index in [1.54, 1.807) is 7.05 Å². The predicted octanol–water partition coefficient (Wildman–Crippen LogP) is 4.70. The Morgan fingerprint density at radius 3 is 1.74 bits per heavy atom. The number of carbonyl (C=O) groups is 1. The molecule has 0 saturated heterocycles. The van der Waals surface area contributed by atoms with Crippen LogP contribution in [0.25, 0.3) is 0 Å². The second-order valence-corrected chi connectivity index (χ2v) is 7.09. The molecule has 2 rings (SSSR count). The van der Waals surface area contributed by atoms with Gasteiger partial charge in [-0.1, -0.05) is 69.2 Å². The number of amidine groups is 1. The molecule has 0 aliphatic carbocycles. The van der Waals surface area contributed by atoms with E-state index in [0.29, 0.717) is 5.84 Å². The Balaban J connectivity index is 0.000000547. The van der Waals surface area contributed by atoms with Crippen molar-refractivity contribution in [1.82, 2.24) is 9.91 Å². The van der Waals surface area contributed by atoms with Gasteiger partial charge in [0.2, 0.25) is 0 Å². The van der Waals surface area contributed by atoms with Gasteiger partial charge in [-0.25, -0.2) is 5.84 Å². The van der Waals surface area contributed by atoms with Crippen LogP contribution in [-0.4, -0.2) is 41.8 Å². The summed E-state index contributed by atoms with van der Waals surface area (Å²) in [4.78, 5) is 14.1. The molecule has 31 heavy (non-hydrogen) atoms. The lowest BCUT2D eigenvalue weighted by molar-refractivity contribution is 0.0755. The zero-order valence-electron chi connectivity index (χ0n) is 20.4. The Labute approximate surface area is 188 Å². The van der Waals surface area contributed by atoms with E-state index in [1.165, 1.54) is 5.01 Å². The standard InChI is InChI=1S/C14H21NO.C9H14N4.C2H6/c1-4-9-15(10-5-2)14(16)13-8-6-7-12(3)11-13;1-7-4-3-5-8(6-7)9(12-10)13(2)11;1-2/h6-8,11H,4-5,9-10H2,1-3H3;3-6H,10-11H2,1-2H3;1-2H3/b;12-9-;. The number of hydrogen-bond acceptors (Lipinski definition) is 4. The monoisotopic (exact) mass is 427 g/mol. The number of benzene rings is 2. The molecule has 1 amide bonds. The highest BCUT2D eigenvalue weighted by Gasteiger charge is 2.13. The third-order valence-electron chi connectivity index (χ3n) is 4.27. The molecule has 0 aromatic heterocycles. The second-order valence-electron chi connectivity index (χ2n) is 7.09. The number of hydrazone groups is 1. The molecule has 0 fully saturated rings. The first-order valence-corrected chi connectivity index (χ1v) is 11.0. The summed E-state index contributed by atoms with van der Waals surface area (Å²) in [6, 6.07) is 15.7. The van der Waals surface area contributed by atoms with Crippen LogP contribution in [0.1, 0.15) is 67.6 Å². The molecule has 0 radical (unpaired) electrons. The minimum atomic E-state index is 0.160. The van der Waals surface area contributed by atoms with E-state index >= 15 is 0 Å². The molecule has 0 atom stereocenters. The van der Waals surface area contributed by atoms with Gasteiger partial charge in [-0.3, -0.25) is 9.80 Å². The van der Waals surface area contributed by atoms with E-state index in [9.17, 15) is 4.79 Å². The maximum absolute atomic E-state index is 12.2. The fourth-order valence-corrected chi connectivity index (χ4v) is 2.97. The summed E-state index contributed by atoms with van der Waals surface area (Å²) in [5.41, 5.74) is 4.02. The van der Waals surface area contributed by atoms with Gasteiger partial charge in [-0.2, -0.15) is 5.10 Å². The molecule has 2 aromatic rings. The van der Waals surface area contributed by atoms with Crippen molar-refractivity contribution in [3.63, 3.8) is 0 Å². The van der Waals surface area contributed by atoms with Crippen molar-refractivity contribution in [2.24, 2.45) is 16.8 Å². The molecule has 0 aliphatic rings. The minimum Gasteiger partial charge on any atom is -0.339 e. The van der Waals surface area contributed by atoms with Gasteiger partial charge in [0, 0.05) is 31.3 Å². The summed E-state index contributed by atoms with van der Waals surface area (Å²) in [6.45, 7) is 13.9. The lowest BCUT2D eigenvalue weighted by Gasteiger charge is -2.21. The lowest BCUT2D eigenvalue weighted by atomic mass is 10.1. The highest BCUT2D eigenvalue weighted by Crippen LogP contribution is 2.09. The van der Waals surface area contributed by atoms with E-state index in [-0.39, 0.29) is 5.91 Å². The van der Waals surface area contributed by atoms with Crippen molar-refractivity contribution in [3.05, 3.63) is 70.8 Å². The van der Waals surface area contributed by atoms with E-state index < -0.39 is 0 Å². The van der Waals surface area contributed by atoms with Gasteiger partial charge in [0.15, 0.2) is 5.84 Å². The maximum Gasteiger partial charge on any atom is 0.253 e. The van der Waals surface area contributed by atoms with Gasteiger partial charge >= 0.3 is 0 Å². The molecule has 0 heterocycles. The molecule has 0 spiro atoms. The van der Waals surface area contributed by atoms with Crippen LogP contribution in [0.4, 0.5) is 0 Å². The minimum absolute atomic E-state index is 0.160. The molecule has 0 aliphatic heterocycles. The molecular formula is C25H41N5O. The van der Waals surface area contributed by atoms with Crippen LogP contribution in [0.3, 0.4) is 0 Å². The first kappa shape index (κ1) is 28.1. The SMILES string of the molecule is CC.CCCN(CCC)C(=O)c1cccc(C)c1.Cc1cccc(/C(=N/N)N(C)N)c1. The Hall–Kier alpha value is -2.86. The normalized spacial score (nSPS) is 10.3. The third-order valence-corrected chi connectivity index (χ3v) is 4.27. The summed E-state index contributed by atoms with van der Waals surface area (Å²) in [6.07, 6.45) is 2.02. The summed E-state index contributed by atoms with van der Waals surface area (Å²) in [5, 5.41) is 5.01. The van der Waals surface area contributed by atoms with Crippen molar-refractivity contribution in [2.45, 2.75) is 54.4 Å². The quantitative estimate of drug-likeness (QED) is 0.303. The molecule has 6 nitrogen and oxygen atoms in total. The Morgan fingerprint density at radius 2 is 1.35 bits per heavy atom. The molecule has 6 heteroatoms.